The van der Waals surface area contributed by atoms with Gasteiger partial charge in [0.15, 0.2) is 0 Å². The minimum atomic E-state index is 0.189. The van der Waals surface area contributed by atoms with Crippen molar-refractivity contribution in [2.24, 2.45) is 0 Å². The first-order valence-electron chi connectivity index (χ1n) is 5.74. The Bertz CT molecular complexity index is 337. The van der Waals surface area contributed by atoms with Crippen molar-refractivity contribution in [3.05, 3.63) is 22.4 Å². The Morgan fingerprint density at radius 2 is 2.56 bits per heavy atom. The summed E-state index contributed by atoms with van der Waals surface area (Å²) in [7, 11) is 2.10. The van der Waals surface area contributed by atoms with E-state index in [4.69, 9.17) is 0 Å². The number of likely N-dealkylation sites (tertiary alicyclic amines) is 1. The van der Waals surface area contributed by atoms with Crippen LogP contribution in [-0.4, -0.2) is 37.0 Å². The maximum atomic E-state index is 11.7. The molecular formula is C12H18N2OS. The fourth-order valence-electron chi connectivity index (χ4n) is 2.04. The van der Waals surface area contributed by atoms with E-state index in [-0.39, 0.29) is 5.91 Å². The SMILES string of the molecule is CN1CCC(NC(=O)CCc2cccs2)C1. The van der Waals surface area contributed by atoms with Gasteiger partial charge in [0, 0.05) is 23.9 Å². The molecule has 2 heterocycles. The fourth-order valence-corrected chi connectivity index (χ4v) is 2.75. The molecule has 4 heteroatoms. The molecule has 1 unspecified atom stereocenters. The van der Waals surface area contributed by atoms with Crippen molar-refractivity contribution in [2.45, 2.75) is 25.3 Å². The summed E-state index contributed by atoms with van der Waals surface area (Å²) in [6, 6.07) is 4.48. The van der Waals surface area contributed by atoms with Crippen molar-refractivity contribution < 1.29 is 4.79 Å². The van der Waals surface area contributed by atoms with Crippen LogP contribution in [0.15, 0.2) is 17.5 Å². The number of amides is 1. The van der Waals surface area contributed by atoms with Crippen LogP contribution in [0.1, 0.15) is 17.7 Å². The fraction of sp³-hybridized carbons (Fsp3) is 0.583. The maximum absolute atomic E-state index is 11.7. The summed E-state index contributed by atoms with van der Waals surface area (Å²) in [6.07, 6.45) is 2.56. The zero-order valence-electron chi connectivity index (χ0n) is 9.61. The van der Waals surface area contributed by atoms with Gasteiger partial charge < -0.3 is 10.2 Å². The van der Waals surface area contributed by atoms with Crippen molar-refractivity contribution in [1.29, 1.82) is 0 Å². The zero-order valence-corrected chi connectivity index (χ0v) is 10.4. The van der Waals surface area contributed by atoms with Crippen LogP contribution in [0.4, 0.5) is 0 Å². The van der Waals surface area contributed by atoms with Gasteiger partial charge in [-0.25, -0.2) is 0 Å². The Kier molecular flexibility index (Phi) is 3.96. The number of likely N-dealkylation sites (N-methyl/N-ethyl adjacent to an activating group) is 1. The van der Waals surface area contributed by atoms with Crippen molar-refractivity contribution in [3.63, 3.8) is 0 Å². The molecule has 0 bridgehead atoms. The first kappa shape index (κ1) is 11.6. The molecule has 1 aliphatic heterocycles. The molecule has 88 valence electrons. The predicted molar refractivity (Wildman–Crippen MR) is 66.7 cm³/mol. The van der Waals surface area contributed by atoms with Crippen LogP contribution in [0.2, 0.25) is 0 Å². The monoisotopic (exact) mass is 238 g/mol. The Morgan fingerprint density at radius 3 is 3.19 bits per heavy atom. The van der Waals surface area contributed by atoms with E-state index < -0.39 is 0 Å². The molecule has 0 aromatic carbocycles. The molecule has 0 spiro atoms. The number of carbonyl (C=O) groups excluding carboxylic acids is 1. The number of rotatable bonds is 4. The number of nitrogens with one attached hydrogen (secondary N) is 1. The molecule has 1 N–H and O–H groups in total. The van der Waals surface area contributed by atoms with Gasteiger partial charge in [0.05, 0.1) is 0 Å². The topological polar surface area (TPSA) is 32.3 Å². The smallest absolute Gasteiger partial charge is 0.220 e. The number of hydrogen-bond acceptors (Lipinski definition) is 3. The van der Waals surface area contributed by atoms with Crippen LogP contribution in [0.25, 0.3) is 0 Å². The highest BCUT2D eigenvalue weighted by atomic mass is 32.1. The molecular weight excluding hydrogens is 220 g/mol. The molecule has 1 aromatic rings. The van der Waals surface area contributed by atoms with Crippen LogP contribution in [0.3, 0.4) is 0 Å². The van der Waals surface area contributed by atoms with Gasteiger partial charge in [-0.2, -0.15) is 0 Å². The minimum absolute atomic E-state index is 0.189. The van der Waals surface area contributed by atoms with E-state index in [9.17, 15) is 4.79 Å². The number of thiophene rings is 1. The lowest BCUT2D eigenvalue weighted by Gasteiger charge is -2.12. The quantitative estimate of drug-likeness (QED) is 0.862. The number of nitrogens with zero attached hydrogens (tertiary/aromatic N) is 1. The molecule has 0 saturated carbocycles. The molecule has 1 aliphatic rings. The van der Waals surface area contributed by atoms with Crippen molar-refractivity contribution in [3.8, 4) is 0 Å². The summed E-state index contributed by atoms with van der Waals surface area (Å²) in [5.41, 5.74) is 0. The summed E-state index contributed by atoms with van der Waals surface area (Å²) in [5, 5.41) is 5.15. The van der Waals surface area contributed by atoms with E-state index in [1.807, 2.05) is 6.07 Å². The molecule has 1 amide bonds. The van der Waals surface area contributed by atoms with Crippen molar-refractivity contribution >= 4 is 17.2 Å². The van der Waals surface area contributed by atoms with E-state index in [0.717, 1.165) is 25.9 Å². The van der Waals surface area contributed by atoms with E-state index in [1.165, 1.54) is 4.88 Å². The van der Waals surface area contributed by atoms with Crippen LogP contribution >= 0.6 is 11.3 Å². The molecule has 0 radical (unpaired) electrons. The zero-order chi connectivity index (χ0) is 11.4. The van der Waals surface area contributed by atoms with Crippen molar-refractivity contribution in [2.75, 3.05) is 20.1 Å². The van der Waals surface area contributed by atoms with E-state index in [0.29, 0.717) is 12.5 Å². The lowest BCUT2D eigenvalue weighted by Crippen LogP contribution is -2.36. The molecule has 16 heavy (non-hydrogen) atoms. The van der Waals surface area contributed by atoms with Gasteiger partial charge in [0.25, 0.3) is 0 Å². The summed E-state index contributed by atoms with van der Waals surface area (Å²) < 4.78 is 0. The third-order valence-corrected chi connectivity index (χ3v) is 3.87. The molecule has 0 aliphatic carbocycles. The standard InChI is InChI=1S/C12H18N2OS/c1-14-7-6-10(9-14)13-12(15)5-4-11-3-2-8-16-11/h2-3,8,10H,4-7,9H2,1H3,(H,13,15). The second kappa shape index (κ2) is 5.46. The summed E-state index contributed by atoms with van der Waals surface area (Å²) in [4.78, 5) is 15.2. The molecule has 2 rings (SSSR count). The first-order valence-corrected chi connectivity index (χ1v) is 6.62. The molecule has 1 aromatic heterocycles. The highest BCUT2D eigenvalue weighted by Crippen LogP contribution is 2.11. The Hall–Kier alpha value is -0.870. The highest BCUT2D eigenvalue weighted by Gasteiger charge is 2.20. The molecule has 1 saturated heterocycles. The van der Waals surface area contributed by atoms with Crippen LogP contribution in [-0.2, 0) is 11.2 Å². The third kappa shape index (κ3) is 3.32. The van der Waals surface area contributed by atoms with Gasteiger partial charge in [0.2, 0.25) is 5.91 Å². The number of carbonyl (C=O) groups is 1. The van der Waals surface area contributed by atoms with Crippen LogP contribution in [0, 0.1) is 0 Å². The van der Waals surface area contributed by atoms with E-state index in [2.05, 4.69) is 28.7 Å². The minimum Gasteiger partial charge on any atom is -0.352 e. The number of aryl methyl sites for hydroxylation is 1. The Labute approximate surface area is 100 Å². The normalized spacial score (nSPS) is 21.2. The van der Waals surface area contributed by atoms with Gasteiger partial charge in [-0.15, -0.1) is 11.3 Å². The van der Waals surface area contributed by atoms with Crippen molar-refractivity contribution in [1.82, 2.24) is 10.2 Å². The van der Waals surface area contributed by atoms with Gasteiger partial charge in [-0.05, 0) is 37.9 Å². The molecule has 1 fully saturated rings. The Morgan fingerprint density at radius 1 is 1.69 bits per heavy atom. The van der Waals surface area contributed by atoms with E-state index in [1.54, 1.807) is 11.3 Å². The summed E-state index contributed by atoms with van der Waals surface area (Å²) in [5.74, 6) is 0.189. The van der Waals surface area contributed by atoms with Gasteiger partial charge in [-0.1, -0.05) is 6.07 Å². The van der Waals surface area contributed by atoms with E-state index >= 15 is 0 Å². The second-order valence-corrected chi connectivity index (χ2v) is 5.43. The summed E-state index contributed by atoms with van der Waals surface area (Å²) in [6.45, 7) is 2.08. The second-order valence-electron chi connectivity index (χ2n) is 4.39. The van der Waals surface area contributed by atoms with Gasteiger partial charge in [0.1, 0.15) is 0 Å². The van der Waals surface area contributed by atoms with Crippen LogP contribution in [0.5, 0.6) is 0 Å². The predicted octanol–water partition coefficient (Wildman–Crippen LogP) is 1.50. The van der Waals surface area contributed by atoms with Gasteiger partial charge >= 0.3 is 0 Å². The van der Waals surface area contributed by atoms with Crippen LogP contribution < -0.4 is 5.32 Å². The average molecular weight is 238 g/mol. The largest absolute Gasteiger partial charge is 0.352 e. The average Bonchev–Trinajstić information content (AvgIpc) is 2.87. The maximum Gasteiger partial charge on any atom is 0.220 e. The molecule has 3 nitrogen and oxygen atoms in total. The lowest BCUT2D eigenvalue weighted by molar-refractivity contribution is -0.121. The Balaban J connectivity index is 1.68. The first-order chi connectivity index (χ1) is 7.74. The molecule has 1 atom stereocenters. The number of hydrogen-bond donors (Lipinski definition) is 1. The highest BCUT2D eigenvalue weighted by molar-refractivity contribution is 7.09. The van der Waals surface area contributed by atoms with Gasteiger partial charge in [-0.3, -0.25) is 4.79 Å². The lowest BCUT2D eigenvalue weighted by atomic mass is 10.2. The summed E-state index contributed by atoms with van der Waals surface area (Å²) >= 11 is 1.72. The third-order valence-electron chi connectivity index (χ3n) is 2.94.